The van der Waals surface area contributed by atoms with Crippen molar-refractivity contribution < 1.29 is 0 Å². The minimum atomic E-state index is 1.30. The van der Waals surface area contributed by atoms with Gasteiger partial charge in [0.05, 0.1) is 0 Å². The Kier molecular flexibility index (Phi) is 81.4. The van der Waals surface area contributed by atoms with Gasteiger partial charge in [0.25, 0.3) is 0 Å². The van der Waals surface area contributed by atoms with Crippen molar-refractivity contribution in [2.75, 3.05) is 34.5 Å². The van der Waals surface area contributed by atoms with E-state index in [1.54, 1.807) is 29.4 Å². The van der Waals surface area contributed by atoms with E-state index in [-0.39, 0.29) is 0 Å². The Morgan fingerprint density at radius 3 is 0.260 bits per heavy atom. The molecule has 1 aromatic rings. The zero-order valence-electron chi connectivity index (χ0n) is 66.6. The highest BCUT2D eigenvalue weighted by Crippen LogP contribution is 2.55. The summed E-state index contributed by atoms with van der Waals surface area (Å²) in [5.74, 6) is 7.79. The van der Waals surface area contributed by atoms with Gasteiger partial charge in [0.2, 0.25) is 0 Å². The third-order valence-corrected chi connectivity index (χ3v) is 28.6. The molecule has 1 aromatic carbocycles. The van der Waals surface area contributed by atoms with Crippen molar-refractivity contribution in [3.8, 4) is 0 Å². The van der Waals surface area contributed by atoms with E-state index in [9.17, 15) is 0 Å². The molecule has 0 spiro atoms. The molecule has 570 valence electrons. The molecule has 0 heterocycles. The topological polar surface area (TPSA) is 0 Å². The summed E-state index contributed by atoms with van der Waals surface area (Å²) in [6, 6.07) is 0. The SMILES string of the molecule is CCCCCCCCCCCCCCSc1c(SCCCCCCCCCCCCCC)c(SCCCCCCCCCCCCCC)c(SCCCCCCCCCCCCCC)c(SCCCCCCCCCCCCCC)c1SCCCCCCCCCCCCCC. The Balaban J connectivity index is 3.70. The molecule has 0 atom stereocenters. The molecule has 1 rings (SSSR count). The van der Waals surface area contributed by atoms with Crippen LogP contribution in [0, 0.1) is 0 Å². The second-order valence-corrected chi connectivity index (χ2v) is 37.0. The van der Waals surface area contributed by atoms with Crippen molar-refractivity contribution >= 4 is 70.6 Å². The molecule has 0 aliphatic heterocycles. The summed E-state index contributed by atoms with van der Waals surface area (Å²) < 4.78 is 0. The van der Waals surface area contributed by atoms with Crippen LogP contribution < -0.4 is 0 Å². The van der Waals surface area contributed by atoms with Crippen LogP contribution in [0.5, 0.6) is 0 Å². The lowest BCUT2D eigenvalue weighted by Crippen LogP contribution is -2.01. The number of benzene rings is 1. The number of rotatable bonds is 84. The van der Waals surface area contributed by atoms with Crippen LogP contribution in [0.1, 0.15) is 504 Å². The van der Waals surface area contributed by atoms with Gasteiger partial charge < -0.3 is 0 Å². The fourth-order valence-corrected chi connectivity index (χ4v) is 22.7. The molecule has 0 N–H and O–H groups in total. The summed E-state index contributed by atoms with van der Waals surface area (Å²) >= 11 is 14.1. The summed E-state index contributed by atoms with van der Waals surface area (Å²) in [6.07, 6.45) is 103. The highest BCUT2D eigenvalue weighted by atomic mass is 32.2. The van der Waals surface area contributed by atoms with Crippen molar-refractivity contribution in [1.82, 2.24) is 0 Å². The number of unbranched alkanes of at least 4 members (excludes halogenated alkanes) is 66. The lowest BCUT2D eigenvalue weighted by molar-refractivity contribution is 0.548. The molecule has 0 bridgehead atoms. The molecule has 6 heteroatoms. The first kappa shape index (κ1) is 95.3. The van der Waals surface area contributed by atoms with Crippen LogP contribution in [-0.4, -0.2) is 34.5 Å². The lowest BCUT2D eigenvalue weighted by atomic mass is 10.1. The largest absolute Gasteiger partial charge is 0.124 e. The molecular weight excluding hydrogens is 1270 g/mol. The van der Waals surface area contributed by atoms with E-state index >= 15 is 0 Å². The van der Waals surface area contributed by atoms with Crippen LogP contribution in [0.25, 0.3) is 0 Å². The monoisotopic (exact) mass is 1450 g/mol. The Labute approximate surface area is 633 Å². The molecule has 0 saturated heterocycles. The van der Waals surface area contributed by atoms with Crippen LogP contribution in [0.2, 0.25) is 0 Å². The molecule has 0 aliphatic rings. The normalized spacial score (nSPS) is 11.8. The first-order chi connectivity index (χ1) is 47.7. The van der Waals surface area contributed by atoms with Crippen LogP contribution in [0.4, 0.5) is 0 Å². The molecule has 0 amide bonds. The van der Waals surface area contributed by atoms with Gasteiger partial charge in [-0.05, 0) is 73.0 Å². The predicted molar refractivity (Wildman–Crippen MR) is 457 cm³/mol. The van der Waals surface area contributed by atoms with Crippen molar-refractivity contribution in [2.45, 2.75) is 533 Å². The van der Waals surface area contributed by atoms with E-state index in [0.717, 1.165) is 0 Å². The maximum Gasteiger partial charge on any atom is 0.0368 e. The van der Waals surface area contributed by atoms with Crippen LogP contribution in [0.15, 0.2) is 29.4 Å². The second-order valence-electron chi connectivity index (χ2n) is 30.4. The van der Waals surface area contributed by atoms with E-state index in [0.29, 0.717) is 0 Å². The first-order valence-corrected chi connectivity index (χ1v) is 50.6. The van der Waals surface area contributed by atoms with E-state index in [1.165, 1.54) is 497 Å². The van der Waals surface area contributed by atoms with Crippen LogP contribution >= 0.6 is 70.6 Å². The Morgan fingerprint density at radius 2 is 0.177 bits per heavy atom. The minimum absolute atomic E-state index is 1.30. The van der Waals surface area contributed by atoms with E-state index in [4.69, 9.17) is 0 Å². The van der Waals surface area contributed by atoms with Gasteiger partial charge in [-0.15, -0.1) is 70.6 Å². The van der Waals surface area contributed by atoms with E-state index in [1.807, 2.05) is 0 Å². The van der Waals surface area contributed by atoms with Crippen LogP contribution in [0.3, 0.4) is 0 Å². The van der Waals surface area contributed by atoms with E-state index < -0.39 is 0 Å². The van der Waals surface area contributed by atoms with Gasteiger partial charge in [-0.1, -0.05) is 465 Å². The molecule has 0 fully saturated rings. The van der Waals surface area contributed by atoms with Crippen molar-refractivity contribution in [1.29, 1.82) is 0 Å². The Bertz CT molecular complexity index is 1310. The van der Waals surface area contributed by atoms with E-state index in [2.05, 4.69) is 112 Å². The number of thioether (sulfide) groups is 6. The molecule has 0 unspecified atom stereocenters. The highest BCUT2D eigenvalue weighted by Gasteiger charge is 2.26. The molecule has 0 radical (unpaired) electrons. The fraction of sp³-hybridized carbons (Fsp3) is 0.933. The molecule has 0 nitrogen and oxygen atoms in total. The summed E-state index contributed by atoms with van der Waals surface area (Å²) in [5.41, 5.74) is 0. The van der Waals surface area contributed by atoms with Gasteiger partial charge in [-0.3, -0.25) is 0 Å². The first-order valence-electron chi connectivity index (χ1n) is 44.7. The Hall–Kier alpha value is 1.32. The molecule has 0 aromatic heterocycles. The Morgan fingerprint density at radius 1 is 0.104 bits per heavy atom. The smallest absolute Gasteiger partial charge is 0.0368 e. The second kappa shape index (κ2) is 82.0. The number of hydrogen-bond donors (Lipinski definition) is 0. The zero-order valence-corrected chi connectivity index (χ0v) is 71.5. The lowest BCUT2D eigenvalue weighted by Gasteiger charge is -2.25. The third kappa shape index (κ3) is 63.8. The van der Waals surface area contributed by atoms with Crippen LogP contribution in [-0.2, 0) is 0 Å². The quantitative estimate of drug-likeness (QED) is 0.0468. The summed E-state index contributed by atoms with van der Waals surface area (Å²) in [6.45, 7) is 14.1. The molecular formula is C90H174S6. The molecule has 0 aliphatic carbocycles. The van der Waals surface area contributed by atoms with Gasteiger partial charge >= 0.3 is 0 Å². The van der Waals surface area contributed by atoms with Gasteiger partial charge in [0.1, 0.15) is 0 Å². The summed E-state index contributed by atoms with van der Waals surface area (Å²) in [4.78, 5) is 10.6. The number of hydrogen-bond acceptors (Lipinski definition) is 6. The average Bonchev–Trinajstić information content (AvgIpc) is 0.775. The third-order valence-electron chi connectivity index (χ3n) is 20.7. The van der Waals surface area contributed by atoms with Gasteiger partial charge in [0, 0.05) is 29.4 Å². The zero-order chi connectivity index (χ0) is 68.9. The van der Waals surface area contributed by atoms with Gasteiger partial charge in [-0.2, -0.15) is 0 Å². The summed E-state index contributed by atoms with van der Waals surface area (Å²) in [7, 11) is 0. The maximum absolute atomic E-state index is 2.36. The predicted octanol–water partition coefficient (Wildman–Crippen LogP) is 36.4. The van der Waals surface area contributed by atoms with Gasteiger partial charge in [0.15, 0.2) is 0 Å². The molecule has 0 saturated carbocycles. The van der Waals surface area contributed by atoms with Gasteiger partial charge in [-0.25, -0.2) is 0 Å². The fourth-order valence-electron chi connectivity index (χ4n) is 14.1. The highest BCUT2D eigenvalue weighted by molar-refractivity contribution is 8.06. The standard InChI is InChI=1S/C90H174S6/c1-7-13-19-25-31-37-43-49-55-61-67-73-79-91-85-86(92-80-74-68-62-56-50-44-38-32-26-20-14-8-2)88(94-82-76-70-64-58-52-46-40-34-28-22-16-10-4)90(96-84-78-72-66-60-54-48-42-36-30-24-18-12-6)89(95-83-77-71-65-59-53-47-41-35-29-23-17-11-5)87(85)93-81-75-69-63-57-51-45-39-33-27-21-15-9-3/h7-84H2,1-6H3. The summed E-state index contributed by atoms with van der Waals surface area (Å²) in [5, 5.41) is 0. The van der Waals surface area contributed by atoms with Crippen molar-refractivity contribution in [2.24, 2.45) is 0 Å². The molecule has 96 heavy (non-hydrogen) atoms. The average molecular weight is 1450 g/mol. The minimum Gasteiger partial charge on any atom is -0.124 e. The van der Waals surface area contributed by atoms with Crippen molar-refractivity contribution in [3.05, 3.63) is 0 Å². The maximum atomic E-state index is 2.36. The van der Waals surface area contributed by atoms with Crippen molar-refractivity contribution in [3.63, 3.8) is 0 Å².